The summed E-state index contributed by atoms with van der Waals surface area (Å²) in [5, 5.41) is 1.34. The minimum absolute atomic E-state index is 0.0296. The fraction of sp³-hybridized carbons (Fsp3) is 0.391. The Morgan fingerprint density at radius 2 is 1.44 bits per heavy atom. The summed E-state index contributed by atoms with van der Waals surface area (Å²) in [6.45, 7) is 0.258. The zero-order chi connectivity index (χ0) is 18.8. The van der Waals surface area contributed by atoms with Gasteiger partial charge in [0.1, 0.15) is 6.54 Å². The molecule has 1 aliphatic carbocycles. The Kier molecular flexibility index (Phi) is 4.97. The molecule has 4 heteroatoms. The maximum absolute atomic E-state index is 13.1. The van der Waals surface area contributed by atoms with Crippen molar-refractivity contribution in [2.24, 2.45) is 0 Å². The lowest BCUT2D eigenvalue weighted by molar-refractivity contribution is -0.132. The van der Waals surface area contributed by atoms with Crippen molar-refractivity contribution in [3.8, 4) is 0 Å². The number of likely N-dealkylation sites (N-methyl/N-ethyl adjacent to an activating group) is 1. The third-order valence-corrected chi connectivity index (χ3v) is 5.94. The molecule has 0 radical (unpaired) electrons. The highest BCUT2D eigenvalue weighted by molar-refractivity contribution is 5.94. The average molecular weight is 362 g/mol. The van der Waals surface area contributed by atoms with E-state index in [1.54, 1.807) is 0 Å². The monoisotopic (exact) mass is 362 g/mol. The van der Waals surface area contributed by atoms with Gasteiger partial charge in [0, 0.05) is 23.9 Å². The fourth-order valence-electron chi connectivity index (χ4n) is 4.34. The van der Waals surface area contributed by atoms with Gasteiger partial charge in [0.2, 0.25) is 5.91 Å². The van der Waals surface area contributed by atoms with Gasteiger partial charge in [0.05, 0.1) is 11.0 Å². The van der Waals surface area contributed by atoms with E-state index >= 15 is 0 Å². The molecule has 0 aliphatic heterocycles. The summed E-state index contributed by atoms with van der Waals surface area (Å²) < 4.78 is 2.00. The van der Waals surface area contributed by atoms with Crippen molar-refractivity contribution in [3.63, 3.8) is 0 Å². The zero-order valence-electron chi connectivity index (χ0n) is 15.9. The Morgan fingerprint density at radius 1 is 0.926 bits per heavy atom. The molecule has 1 heterocycles. The van der Waals surface area contributed by atoms with Crippen LogP contribution >= 0.6 is 0 Å². The van der Waals surface area contributed by atoms with Crippen LogP contribution in [-0.2, 0) is 11.3 Å². The Balaban J connectivity index is 1.75. The molecule has 0 spiro atoms. The minimum atomic E-state index is 0.0296. The summed E-state index contributed by atoms with van der Waals surface area (Å²) in [5.41, 5.74) is 1.68. The second kappa shape index (κ2) is 7.55. The Morgan fingerprint density at radius 3 is 2.00 bits per heavy atom. The van der Waals surface area contributed by atoms with Gasteiger partial charge in [-0.05, 0) is 37.1 Å². The van der Waals surface area contributed by atoms with Crippen LogP contribution in [0, 0.1) is 0 Å². The molecule has 0 N–H and O–H groups in total. The van der Waals surface area contributed by atoms with Crippen LogP contribution in [0.5, 0.6) is 0 Å². The van der Waals surface area contributed by atoms with Gasteiger partial charge in [0.15, 0.2) is 5.43 Å². The normalized spacial score (nSPS) is 15.7. The number of pyridine rings is 1. The van der Waals surface area contributed by atoms with E-state index in [2.05, 4.69) is 0 Å². The number of rotatable bonds is 3. The molecule has 140 valence electrons. The summed E-state index contributed by atoms with van der Waals surface area (Å²) >= 11 is 0. The Bertz CT molecular complexity index is 969. The number of carbonyl (C=O) groups excluding carboxylic acids is 1. The Labute approximate surface area is 159 Å². The predicted molar refractivity (Wildman–Crippen MR) is 110 cm³/mol. The van der Waals surface area contributed by atoms with Gasteiger partial charge < -0.3 is 9.47 Å². The number of amides is 1. The average Bonchev–Trinajstić information content (AvgIpc) is 3.00. The first-order chi connectivity index (χ1) is 13.2. The highest BCUT2D eigenvalue weighted by Crippen LogP contribution is 2.23. The summed E-state index contributed by atoms with van der Waals surface area (Å²) in [7, 11) is 1.94. The lowest BCUT2D eigenvalue weighted by atomic mass is 10.1. The van der Waals surface area contributed by atoms with Crippen molar-refractivity contribution in [2.45, 2.75) is 51.1 Å². The predicted octanol–water partition coefficient (Wildman–Crippen LogP) is 4.34. The van der Waals surface area contributed by atoms with E-state index in [0.717, 1.165) is 23.9 Å². The second-order valence-corrected chi connectivity index (χ2v) is 7.60. The van der Waals surface area contributed by atoms with Crippen LogP contribution in [0.15, 0.2) is 53.3 Å². The molecule has 1 saturated carbocycles. The highest BCUT2D eigenvalue weighted by atomic mass is 16.2. The van der Waals surface area contributed by atoms with Crippen LogP contribution in [0.2, 0.25) is 0 Å². The van der Waals surface area contributed by atoms with Crippen LogP contribution in [0.3, 0.4) is 0 Å². The molecule has 27 heavy (non-hydrogen) atoms. The number of para-hydroxylation sites is 2. The van der Waals surface area contributed by atoms with E-state index in [1.165, 1.54) is 25.7 Å². The molecule has 2 aromatic carbocycles. The van der Waals surface area contributed by atoms with Gasteiger partial charge >= 0.3 is 0 Å². The number of nitrogens with zero attached hydrogens (tertiary/aromatic N) is 2. The van der Waals surface area contributed by atoms with Gasteiger partial charge in [-0.3, -0.25) is 9.59 Å². The minimum Gasteiger partial charge on any atom is -0.341 e. The molecule has 0 atom stereocenters. The SMILES string of the molecule is CN(C(=O)Cn1c2ccccc2c(=O)c2ccccc21)C1CCCCCC1. The largest absolute Gasteiger partial charge is 0.341 e. The van der Waals surface area contributed by atoms with Crippen LogP contribution in [-0.4, -0.2) is 28.5 Å². The second-order valence-electron chi connectivity index (χ2n) is 7.60. The first-order valence-electron chi connectivity index (χ1n) is 9.93. The number of fused-ring (bicyclic) bond motifs is 2. The van der Waals surface area contributed by atoms with Crippen LogP contribution in [0.4, 0.5) is 0 Å². The molecule has 0 unspecified atom stereocenters. The number of hydrogen-bond donors (Lipinski definition) is 0. The molecule has 4 nitrogen and oxygen atoms in total. The first-order valence-corrected chi connectivity index (χ1v) is 9.93. The molecular weight excluding hydrogens is 336 g/mol. The van der Waals surface area contributed by atoms with E-state index < -0.39 is 0 Å². The quantitative estimate of drug-likeness (QED) is 0.514. The number of hydrogen-bond acceptors (Lipinski definition) is 2. The standard InChI is InChI=1S/C23H26N2O2/c1-24(17-10-4-2-3-5-11-17)22(26)16-25-20-14-8-6-12-18(20)23(27)19-13-7-9-15-21(19)25/h6-9,12-15,17H,2-5,10-11,16H2,1H3. The van der Waals surface area contributed by atoms with Gasteiger partial charge in [-0.1, -0.05) is 49.9 Å². The van der Waals surface area contributed by atoms with Crippen molar-refractivity contribution < 1.29 is 4.79 Å². The van der Waals surface area contributed by atoms with Crippen LogP contribution in [0.1, 0.15) is 38.5 Å². The summed E-state index contributed by atoms with van der Waals surface area (Å²) in [6, 6.07) is 15.5. The maximum atomic E-state index is 13.1. The first kappa shape index (κ1) is 17.8. The molecular formula is C23H26N2O2. The lowest BCUT2D eigenvalue weighted by Gasteiger charge is -2.28. The van der Waals surface area contributed by atoms with E-state index in [1.807, 2.05) is 65.0 Å². The van der Waals surface area contributed by atoms with Gasteiger partial charge in [-0.25, -0.2) is 0 Å². The molecule has 3 aromatic rings. The topological polar surface area (TPSA) is 42.3 Å². The van der Waals surface area contributed by atoms with Crippen molar-refractivity contribution >= 4 is 27.7 Å². The summed E-state index contributed by atoms with van der Waals surface area (Å²) in [5.74, 6) is 0.112. The zero-order valence-corrected chi connectivity index (χ0v) is 15.9. The fourth-order valence-corrected chi connectivity index (χ4v) is 4.34. The molecule has 4 rings (SSSR count). The van der Waals surface area contributed by atoms with E-state index in [0.29, 0.717) is 16.8 Å². The van der Waals surface area contributed by atoms with E-state index in [9.17, 15) is 9.59 Å². The molecule has 1 aliphatic rings. The molecule has 1 amide bonds. The third kappa shape index (κ3) is 3.36. The van der Waals surface area contributed by atoms with Crippen LogP contribution in [0.25, 0.3) is 21.8 Å². The smallest absolute Gasteiger partial charge is 0.242 e. The number of benzene rings is 2. The van der Waals surface area contributed by atoms with E-state index in [4.69, 9.17) is 0 Å². The van der Waals surface area contributed by atoms with Crippen molar-refractivity contribution in [1.29, 1.82) is 0 Å². The highest BCUT2D eigenvalue weighted by Gasteiger charge is 2.22. The van der Waals surface area contributed by atoms with Crippen molar-refractivity contribution in [2.75, 3.05) is 7.05 Å². The van der Waals surface area contributed by atoms with Crippen molar-refractivity contribution in [3.05, 3.63) is 58.8 Å². The van der Waals surface area contributed by atoms with E-state index in [-0.39, 0.29) is 17.9 Å². The Hall–Kier alpha value is -2.62. The van der Waals surface area contributed by atoms with Gasteiger partial charge in [-0.2, -0.15) is 0 Å². The third-order valence-electron chi connectivity index (χ3n) is 5.94. The lowest BCUT2D eigenvalue weighted by Crippen LogP contribution is -2.39. The number of carbonyl (C=O) groups is 1. The number of aromatic nitrogens is 1. The molecule has 1 aromatic heterocycles. The molecule has 1 fully saturated rings. The molecule has 0 bridgehead atoms. The van der Waals surface area contributed by atoms with Crippen molar-refractivity contribution in [1.82, 2.24) is 9.47 Å². The summed E-state index contributed by atoms with van der Waals surface area (Å²) in [6.07, 6.45) is 7.13. The van der Waals surface area contributed by atoms with Crippen LogP contribution < -0.4 is 5.43 Å². The maximum Gasteiger partial charge on any atom is 0.242 e. The van der Waals surface area contributed by atoms with Gasteiger partial charge in [0.25, 0.3) is 0 Å². The molecule has 0 saturated heterocycles. The van der Waals surface area contributed by atoms with Gasteiger partial charge in [-0.15, -0.1) is 0 Å². The summed E-state index contributed by atoms with van der Waals surface area (Å²) in [4.78, 5) is 27.9.